The van der Waals surface area contributed by atoms with Gasteiger partial charge in [-0.3, -0.25) is 0 Å². The van der Waals surface area contributed by atoms with Gasteiger partial charge in [-0.05, 0) is 127 Å². The SMILES string of the molecule is CC1(C)c2ccccc2-c2ccc(N(c3ccccc3)c3cccc4c3-c3ccccc3C43c4ccccc4-c4ccc(N(c5ccccc5)c5ccccc5-c5ccccc5)cc43)cc21. The van der Waals surface area contributed by atoms with Crippen LogP contribution in [0.5, 0.6) is 0 Å². The molecule has 2 nitrogen and oxygen atoms in total. The summed E-state index contributed by atoms with van der Waals surface area (Å²) in [6.07, 6.45) is 0. The lowest BCUT2D eigenvalue weighted by Crippen LogP contribution is -2.26. The first kappa shape index (κ1) is 38.3. The number of rotatable bonds is 7. The first-order valence-corrected chi connectivity index (χ1v) is 23.1. The molecule has 0 saturated carbocycles. The zero-order valence-corrected chi connectivity index (χ0v) is 37.0. The van der Waals surface area contributed by atoms with E-state index in [9.17, 15) is 0 Å². The molecule has 312 valence electrons. The molecule has 0 aromatic heterocycles. The van der Waals surface area contributed by atoms with Gasteiger partial charge in [-0.25, -0.2) is 0 Å². The Morgan fingerprint density at radius 2 is 0.697 bits per heavy atom. The molecule has 1 atom stereocenters. The van der Waals surface area contributed by atoms with E-state index in [1.54, 1.807) is 0 Å². The van der Waals surface area contributed by atoms with Crippen LogP contribution in [0, 0.1) is 0 Å². The highest BCUT2D eigenvalue weighted by Crippen LogP contribution is 2.65. The van der Waals surface area contributed by atoms with Crippen LogP contribution in [0.3, 0.4) is 0 Å². The predicted molar refractivity (Wildman–Crippen MR) is 275 cm³/mol. The second kappa shape index (κ2) is 14.7. The molecule has 2 heteroatoms. The van der Waals surface area contributed by atoms with Crippen LogP contribution in [0.15, 0.2) is 243 Å². The van der Waals surface area contributed by atoms with E-state index in [2.05, 4.69) is 266 Å². The molecular weight excluding hydrogens is 797 g/mol. The summed E-state index contributed by atoms with van der Waals surface area (Å²) >= 11 is 0. The monoisotopic (exact) mass is 842 g/mol. The van der Waals surface area contributed by atoms with Gasteiger partial charge >= 0.3 is 0 Å². The van der Waals surface area contributed by atoms with E-state index < -0.39 is 5.41 Å². The van der Waals surface area contributed by atoms with Crippen molar-refractivity contribution in [2.24, 2.45) is 0 Å². The highest BCUT2D eigenvalue weighted by molar-refractivity contribution is 6.02. The van der Waals surface area contributed by atoms with Crippen molar-refractivity contribution in [3.63, 3.8) is 0 Å². The Bertz CT molecular complexity index is 3520. The summed E-state index contributed by atoms with van der Waals surface area (Å²) in [6.45, 7) is 4.74. The molecular formula is C64H46N2. The first-order chi connectivity index (χ1) is 32.5. The van der Waals surface area contributed by atoms with Crippen molar-refractivity contribution >= 4 is 34.1 Å². The highest BCUT2D eigenvalue weighted by atomic mass is 15.2. The molecule has 0 amide bonds. The molecule has 0 radical (unpaired) electrons. The average molecular weight is 843 g/mol. The Labute approximate surface area is 387 Å². The van der Waals surface area contributed by atoms with E-state index in [1.807, 2.05) is 0 Å². The molecule has 3 aliphatic rings. The van der Waals surface area contributed by atoms with Gasteiger partial charge < -0.3 is 9.80 Å². The summed E-state index contributed by atoms with van der Waals surface area (Å²) < 4.78 is 0. The molecule has 1 unspecified atom stereocenters. The number of para-hydroxylation sites is 3. The molecule has 0 heterocycles. The largest absolute Gasteiger partial charge is 0.310 e. The summed E-state index contributed by atoms with van der Waals surface area (Å²) in [4.78, 5) is 4.95. The zero-order valence-electron chi connectivity index (χ0n) is 37.0. The van der Waals surface area contributed by atoms with Crippen LogP contribution in [0.2, 0.25) is 0 Å². The van der Waals surface area contributed by atoms with Crippen molar-refractivity contribution in [1.82, 2.24) is 0 Å². The Balaban J connectivity index is 1.06. The molecule has 0 saturated heterocycles. The summed E-state index contributed by atoms with van der Waals surface area (Å²) in [5.41, 5.74) is 24.2. The number of nitrogens with zero attached hydrogens (tertiary/aromatic N) is 2. The van der Waals surface area contributed by atoms with Gasteiger partial charge in [-0.15, -0.1) is 0 Å². The lowest BCUT2D eigenvalue weighted by atomic mass is 9.70. The van der Waals surface area contributed by atoms with Gasteiger partial charge in [-0.1, -0.05) is 196 Å². The molecule has 0 aliphatic heterocycles. The number of benzene rings is 10. The van der Waals surface area contributed by atoms with Gasteiger partial charge in [-0.2, -0.15) is 0 Å². The maximum absolute atomic E-state index is 2.50. The first-order valence-electron chi connectivity index (χ1n) is 23.1. The molecule has 0 fully saturated rings. The molecule has 0 bridgehead atoms. The Kier molecular flexibility index (Phi) is 8.51. The van der Waals surface area contributed by atoms with Crippen LogP contribution >= 0.6 is 0 Å². The Morgan fingerprint density at radius 1 is 0.273 bits per heavy atom. The number of hydrogen-bond acceptors (Lipinski definition) is 2. The predicted octanol–water partition coefficient (Wildman–Crippen LogP) is 16.9. The van der Waals surface area contributed by atoms with Crippen LogP contribution < -0.4 is 9.80 Å². The summed E-state index contributed by atoms with van der Waals surface area (Å²) in [5, 5.41) is 0. The minimum Gasteiger partial charge on any atom is -0.310 e. The number of anilines is 6. The maximum Gasteiger partial charge on any atom is 0.0727 e. The topological polar surface area (TPSA) is 6.48 Å². The second-order valence-electron chi connectivity index (χ2n) is 18.4. The van der Waals surface area contributed by atoms with E-state index in [1.165, 1.54) is 83.6 Å². The lowest BCUT2D eigenvalue weighted by molar-refractivity contribution is 0.660. The molecule has 3 aliphatic carbocycles. The standard InChI is InChI=1S/C64H46N2/c1-63(2)54-31-16-12-28-49(54)51-39-37-46(41-58(51)63)66(45-25-10-5-11-26-45)61-36-20-34-57-62(61)53-30-14-18-33-56(53)64(57)55-32-17-13-29-50(55)52-40-38-47(42-59(52)64)65(44-23-8-4-9-24-44)60-35-19-15-27-48(60)43-21-6-3-7-22-43/h3-42H,1-2H3. The maximum atomic E-state index is 2.50. The van der Waals surface area contributed by atoms with E-state index in [0.29, 0.717) is 0 Å². The van der Waals surface area contributed by atoms with Crippen LogP contribution in [-0.4, -0.2) is 0 Å². The van der Waals surface area contributed by atoms with Crippen molar-refractivity contribution in [3.8, 4) is 44.5 Å². The minimum atomic E-state index is -0.574. The third-order valence-electron chi connectivity index (χ3n) is 14.7. The van der Waals surface area contributed by atoms with E-state index in [4.69, 9.17) is 0 Å². The fourth-order valence-electron chi connectivity index (χ4n) is 11.9. The van der Waals surface area contributed by atoms with Crippen molar-refractivity contribution in [3.05, 3.63) is 276 Å². The summed E-state index contributed by atoms with van der Waals surface area (Å²) in [7, 11) is 0. The fourth-order valence-corrected chi connectivity index (χ4v) is 11.9. The van der Waals surface area contributed by atoms with Gasteiger partial charge in [0.05, 0.1) is 16.8 Å². The molecule has 1 spiro atoms. The van der Waals surface area contributed by atoms with Crippen LogP contribution in [0.1, 0.15) is 47.2 Å². The Hall–Kier alpha value is -8.20. The molecule has 66 heavy (non-hydrogen) atoms. The van der Waals surface area contributed by atoms with E-state index in [0.717, 1.165) is 28.4 Å². The van der Waals surface area contributed by atoms with Crippen molar-refractivity contribution in [2.75, 3.05) is 9.80 Å². The van der Waals surface area contributed by atoms with Crippen molar-refractivity contribution in [1.29, 1.82) is 0 Å². The average Bonchev–Trinajstić information content (AvgIpc) is 3.94. The van der Waals surface area contributed by atoms with Gasteiger partial charge in [0, 0.05) is 39.3 Å². The molecule has 13 rings (SSSR count). The van der Waals surface area contributed by atoms with Crippen LogP contribution in [-0.2, 0) is 10.8 Å². The third-order valence-corrected chi connectivity index (χ3v) is 14.7. The normalized spacial score (nSPS) is 15.3. The number of hydrogen-bond donors (Lipinski definition) is 0. The van der Waals surface area contributed by atoms with Crippen LogP contribution in [0.4, 0.5) is 34.1 Å². The van der Waals surface area contributed by atoms with E-state index >= 15 is 0 Å². The third kappa shape index (κ3) is 5.42. The van der Waals surface area contributed by atoms with Gasteiger partial charge in [0.15, 0.2) is 0 Å². The smallest absolute Gasteiger partial charge is 0.0727 e. The highest BCUT2D eigenvalue weighted by Gasteiger charge is 2.53. The molecule has 10 aromatic rings. The fraction of sp³-hybridized carbons (Fsp3) is 0.0625. The molecule has 10 aromatic carbocycles. The quantitative estimate of drug-likeness (QED) is 0.158. The zero-order chi connectivity index (χ0) is 44.0. The number of fused-ring (bicyclic) bond motifs is 13. The van der Waals surface area contributed by atoms with Gasteiger partial charge in [0.1, 0.15) is 0 Å². The summed E-state index contributed by atoms with van der Waals surface area (Å²) in [5.74, 6) is 0. The van der Waals surface area contributed by atoms with Crippen molar-refractivity contribution in [2.45, 2.75) is 24.7 Å². The van der Waals surface area contributed by atoms with Gasteiger partial charge in [0.25, 0.3) is 0 Å². The lowest BCUT2D eigenvalue weighted by Gasteiger charge is -2.33. The minimum absolute atomic E-state index is 0.135. The molecule has 0 N–H and O–H groups in total. The van der Waals surface area contributed by atoms with Gasteiger partial charge in [0.2, 0.25) is 0 Å². The second-order valence-corrected chi connectivity index (χ2v) is 18.4. The van der Waals surface area contributed by atoms with E-state index in [-0.39, 0.29) is 5.41 Å². The van der Waals surface area contributed by atoms with Crippen LogP contribution in [0.25, 0.3) is 44.5 Å². The Morgan fingerprint density at radius 3 is 1.35 bits per heavy atom. The van der Waals surface area contributed by atoms with Crippen molar-refractivity contribution < 1.29 is 0 Å². The summed E-state index contributed by atoms with van der Waals surface area (Å²) in [6, 6.07) is 90.0.